The summed E-state index contributed by atoms with van der Waals surface area (Å²) in [4.78, 5) is 33.9. The summed E-state index contributed by atoms with van der Waals surface area (Å²) in [7, 11) is 0. The van der Waals surface area contributed by atoms with Crippen molar-refractivity contribution in [2.45, 2.75) is 20.3 Å². The van der Waals surface area contributed by atoms with Crippen LogP contribution in [0, 0.1) is 16.0 Å². The number of hydrogen-bond donors (Lipinski definition) is 1. The van der Waals surface area contributed by atoms with Crippen LogP contribution < -0.4 is 9.47 Å². The number of carboxylic acid groups (broad SMARTS) is 1. The van der Waals surface area contributed by atoms with E-state index in [0.29, 0.717) is 18.3 Å². The average Bonchev–Trinajstić information content (AvgIpc) is 2.66. The second-order valence-electron chi connectivity index (χ2n) is 5.98. The Labute approximate surface area is 155 Å². The minimum absolute atomic E-state index is 0.0686. The van der Waals surface area contributed by atoms with Gasteiger partial charge in [0.1, 0.15) is 11.5 Å². The lowest BCUT2D eigenvalue weighted by Crippen LogP contribution is -2.15. The van der Waals surface area contributed by atoms with E-state index < -0.39 is 16.9 Å². The largest absolute Gasteiger partial charge is 0.493 e. The number of non-ortho nitro benzene ring substituents is 1. The van der Waals surface area contributed by atoms with Crippen molar-refractivity contribution in [3.05, 3.63) is 63.7 Å². The Morgan fingerprint density at radius 3 is 2.30 bits per heavy atom. The van der Waals surface area contributed by atoms with E-state index in [9.17, 15) is 24.8 Å². The summed E-state index contributed by atoms with van der Waals surface area (Å²) >= 11 is 0. The first-order valence-electron chi connectivity index (χ1n) is 8.28. The number of carboxylic acids is 1. The van der Waals surface area contributed by atoms with Gasteiger partial charge < -0.3 is 14.6 Å². The summed E-state index contributed by atoms with van der Waals surface area (Å²) in [6.45, 7) is 4.46. The molecule has 2 aromatic rings. The molecule has 1 unspecified atom stereocenters. The topological polar surface area (TPSA) is 116 Å². The number of nitro groups is 1. The van der Waals surface area contributed by atoms with Crippen LogP contribution >= 0.6 is 0 Å². The number of benzene rings is 2. The van der Waals surface area contributed by atoms with Crippen LogP contribution in [-0.2, 0) is 0 Å². The van der Waals surface area contributed by atoms with Gasteiger partial charge in [0, 0.05) is 12.1 Å². The van der Waals surface area contributed by atoms with Crippen molar-refractivity contribution in [3.63, 3.8) is 0 Å². The number of aromatic carboxylic acids is 1. The van der Waals surface area contributed by atoms with Gasteiger partial charge in [0.25, 0.3) is 5.69 Å². The smallest absolute Gasteiger partial charge is 0.344 e. The van der Waals surface area contributed by atoms with Crippen LogP contribution in [0.15, 0.2) is 42.5 Å². The molecule has 0 spiro atoms. The van der Waals surface area contributed by atoms with Crippen LogP contribution in [0.4, 0.5) is 5.69 Å². The zero-order valence-electron chi connectivity index (χ0n) is 14.9. The molecule has 1 N–H and O–H groups in total. The lowest BCUT2D eigenvalue weighted by atomic mass is 10.1. The van der Waals surface area contributed by atoms with Gasteiger partial charge in [-0.2, -0.15) is 0 Å². The van der Waals surface area contributed by atoms with Crippen molar-refractivity contribution >= 4 is 17.6 Å². The van der Waals surface area contributed by atoms with E-state index in [1.165, 1.54) is 42.5 Å². The lowest BCUT2D eigenvalue weighted by Gasteiger charge is -2.13. The highest BCUT2D eigenvalue weighted by Crippen LogP contribution is 2.22. The summed E-state index contributed by atoms with van der Waals surface area (Å²) in [6.07, 6.45) is 0.922. The van der Waals surface area contributed by atoms with Gasteiger partial charge in [-0.3, -0.25) is 10.1 Å². The van der Waals surface area contributed by atoms with Crippen molar-refractivity contribution in [3.8, 4) is 11.5 Å². The Bertz CT molecular complexity index is 846. The van der Waals surface area contributed by atoms with Crippen molar-refractivity contribution < 1.29 is 29.1 Å². The molecule has 0 aliphatic rings. The summed E-state index contributed by atoms with van der Waals surface area (Å²) < 4.78 is 10.7. The normalized spacial score (nSPS) is 11.5. The molecular formula is C19H19NO7. The highest BCUT2D eigenvalue weighted by molar-refractivity contribution is 6.03. The predicted molar refractivity (Wildman–Crippen MR) is 96.4 cm³/mol. The molecule has 2 aromatic carbocycles. The van der Waals surface area contributed by atoms with Gasteiger partial charge in [-0.05, 0) is 36.2 Å². The van der Waals surface area contributed by atoms with E-state index in [2.05, 4.69) is 0 Å². The van der Waals surface area contributed by atoms with E-state index in [1.807, 2.05) is 13.8 Å². The summed E-state index contributed by atoms with van der Waals surface area (Å²) in [5.41, 5.74) is -0.538. The molecule has 0 heterocycles. The maximum atomic E-state index is 12.3. The van der Waals surface area contributed by atoms with Crippen LogP contribution in [0.5, 0.6) is 11.5 Å². The molecule has 0 saturated heterocycles. The van der Waals surface area contributed by atoms with Crippen LogP contribution in [0.1, 0.15) is 41.0 Å². The van der Waals surface area contributed by atoms with Gasteiger partial charge in [-0.1, -0.05) is 20.3 Å². The van der Waals surface area contributed by atoms with E-state index in [-0.39, 0.29) is 22.6 Å². The van der Waals surface area contributed by atoms with Gasteiger partial charge in [0.2, 0.25) is 0 Å². The number of nitro benzene ring substituents is 1. The molecule has 0 aliphatic carbocycles. The van der Waals surface area contributed by atoms with Crippen LogP contribution in [0.25, 0.3) is 0 Å². The van der Waals surface area contributed by atoms with Gasteiger partial charge >= 0.3 is 11.9 Å². The molecule has 0 bridgehead atoms. The number of carbonyl (C=O) groups excluding carboxylic acids is 1. The van der Waals surface area contributed by atoms with E-state index in [4.69, 9.17) is 9.47 Å². The zero-order chi connectivity index (χ0) is 20.0. The molecule has 0 fully saturated rings. The van der Waals surface area contributed by atoms with E-state index >= 15 is 0 Å². The fourth-order valence-corrected chi connectivity index (χ4v) is 2.12. The van der Waals surface area contributed by atoms with Gasteiger partial charge in [-0.15, -0.1) is 0 Å². The number of nitrogens with zero attached hydrogens (tertiary/aromatic N) is 1. The van der Waals surface area contributed by atoms with Crippen LogP contribution in [0.3, 0.4) is 0 Å². The SMILES string of the molecule is CCC(C)COc1ccc(C(=O)Oc2ccc([N+](=O)[O-])cc2)c(C(=O)O)c1. The molecule has 8 heteroatoms. The summed E-state index contributed by atoms with van der Waals surface area (Å²) in [5, 5.41) is 20.0. The Morgan fingerprint density at radius 2 is 1.74 bits per heavy atom. The number of rotatable bonds is 8. The van der Waals surface area contributed by atoms with Crippen LogP contribution in [-0.4, -0.2) is 28.6 Å². The second-order valence-corrected chi connectivity index (χ2v) is 5.98. The third kappa shape index (κ3) is 5.27. The Morgan fingerprint density at radius 1 is 1.11 bits per heavy atom. The first-order valence-corrected chi connectivity index (χ1v) is 8.28. The molecule has 27 heavy (non-hydrogen) atoms. The molecule has 0 radical (unpaired) electrons. The third-order valence-electron chi connectivity index (χ3n) is 3.93. The molecule has 2 rings (SSSR count). The Kier molecular flexibility index (Phi) is 6.48. The van der Waals surface area contributed by atoms with E-state index in [0.717, 1.165) is 6.42 Å². The van der Waals surface area contributed by atoms with Gasteiger partial charge in [0.05, 0.1) is 22.7 Å². The number of carbonyl (C=O) groups is 2. The minimum Gasteiger partial charge on any atom is -0.493 e. The molecule has 0 amide bonds. The van der Waals surface area contributed by atoms with Crippen molar-refractivity contribution in [1.29, 1.82) is 0 Å². The van der Waals surface area contributed by atoms with Crippen molar-refractivity contribution in [2.75, 3.05) is 6.61 Å². The Hall–Kier alpha value is -3.42. The van der Waals surface area contributed by atoms with E-state index in [1.54, 1.807) is 0 Å². The molecule has 142 valence electrons. The molecule has 8 nitrogen and oxygen atoms in total. The quantitative estimate of drug-likeness (QED) is 0.322. The van der Waals surface area contributed by atoms with Gasteiger partial charge in [-0.25, -0.2) is 9.59 Å². The maximum absolute atomic E-state index is 12.3. The van der Waals surface area contributed by atoms with Crippen molar-refractivity contribution in [2.24, 2.45) is 5.92 Å². The molecular weight excluding hydrogens is 354 g/mol. The van der Waals surface area contributed by atoms with Gasteiger partial charge in [0.15, 0.2) is 0 Å². The highest BCUT2D eigenvalue weighted by Gasteiger charge is 2.20. The molecule has 0 aromatic heterocycles. The highest BCUT2D eigenvalue weighted by atomic mass is 16.6. The maximum Gasteiger partial charge on any atom is 0.344 e. The lowest BCUT2D eigenvalue weighted by molar-refractivity contribution is -0.384. The molecule has 0 saturated carbocycles. The number of hydrogen-bond acceptors (Lipinski definition) is 6. The second kappa shape index (κ2) is 8.79. The monoisotopic (exact) mass is 373 g/mol. The minimum atomic E-state index is -1.29. The standard InChI is InChI=1S/C19H19NO7/c1-3-12(2)11-26-15-8-9-16(17(10-15)18(21)22)19(23)27-14-6-4-13(5-7-14)20(24)25/h4-10,12H,3,11H2,1-2H3,(H,21,22). The summed E-state index contributed by atoms with van der Waals surface area (Å²) in [5.74, 6) is -1.45. The predicted octanol–water partition coefficient (Wildman–Crippen LogP) is 3.94. The fraction of sp³-hybridized carbons (Fsp3) is 0.263. The van der Waals surface area contributed by atoms with Crippen LogP contribution in [0.2, 0.25) is 0 Å². The average molecular weight is 373 g/mol. The third-order valence-corrected chi connectivity index (χ3v) is 3.93. The van der Waals surface area contributed by atoms with Crippen molar-refractivity contribution in [1.82, 2.24) is 0 Å². The molecule has 1 atom stereocenters. The first-order chi connectivity index (χ1) is 12.8. The number of esters is 1. The fourth-order valence-electron chi connectivity index (χ4n) is 2.12. The first kappa shape index (κ1) is 19.9. The molecule has 0 aliphatic heterocycles. The summed E-state index contributed by atoms with van der Waals surface area (Å²) in [6, 6.07) is 9.00. The zero-order valence-corrected chi connectivity index (χ0v) is 14.9. The Balaban J connectivity index is 2.19. The number of ether oxygens (including phenoxy) is 2.